The van der Waals surface area contributed by atoms with Crippen LogP contribution in [0.25, 0.3) is 0 Å². The van der Waals surface area contributed by atoms with Crippen LogP contribution in [0.2, 0.25) is 0 Å². The zero-order valence-corrected chi connectivity index (χ0v) is 38.6. The van der Waals surface area contributed by atoms with Crippen molar-refractivity contribution in [3.63, 3.8) is 0 Å². The molecule has 0 unspecified atom stereocenters. The fraction of sp³-hybridized carbons (Fsp3) is 0.957. The summed E-state index contributed by atoms with van der Waals surface area (Å²) >= 11 is 0. The Morgan fingerprint density at radius 2 is 1.33 bits per heavy atom. The van der Waals surface area contributed by atoms with Crippen LogP contribution < -0.4 is 0 Å². The van der Waals surface area contributed by atoms with Crippen molar-refractivity contribution in [2.45, 2.75) is 204 Å². The van der Waals surface area contributed by atoms with E-state index in [9.17, 15) is 51.1 Å². The van der Waals surface area contributed by atoms with Crippen LogP contribution in [-0.4, -0.2) is 181 Å². The SMILES string of the molecule is C[C@H]1[C@H](C)CC[C@]2(CO)[C@@H]3O[C@@H]3[C@]3(C)C(=C[C@@H](O)[C@@H]4[C@@]5(C)CC[C@H](O[C@@H]6O[C@H](C)[C@H](O)[C@H](O)[C@H]6O[C@@H]6O[C@H](CO)[C@@H](O)[C@H](O)[C@H]6O[C@@H]6OC[C@@H](O)[C@H](O)[C@H]6O)C(C)(C)[C@@H]5CC[C@]43C)[C@H]12. The molecule has 0 amide bonds. The van der Waals surface area contributed by atoms with Crippen LogP contribution in [0.15, 0.2) is 11.6 Å². The molecule has 9 aliphatic rings. The first-order chi connectivity index (χ1) is 30.0. The molecule has 0 bridgehead atoms. The van der Waals surface area contributed by atoms with Gasteiger partial charge in [-0.1, -0.05) is 60.1 Å². The molecule has 366 valence electrons. The lowest BCUT2D eigenvalue weighted by atomic mass is 9.33. The molecule has 0 aromatic rings. The molecular weight excluding hydrogens is 836 g/mol. The highest BCUT2D eigenvalue weighted by atomic mass is 16.8. The Labute approximate surface area is 376 Å². The van der Waals surface area contributed by atoms with Gasteiger partial charge in [-0.15, -0.1) is 0 Å². The number of hydrogen-bond acceptors (Lipinski definition) is 17. The minimum atomic E-state index is -1.80. The van der Waals surface area contributed by atoms with E-state index in [-0.39, 0.29) is 58.2 Å². The maximum atomic E-state index is 12.6. The van der Waals surface area contributed by atoms with E-state index in [1.807, 2.05) is 0 Å². The summed E-state index contributed by atoms with van der Waals surface area (Å²) in [7, 11) is 0. The van der Waals surface area contributed by atoms with E-state index in [1.54, 1.807) is 6.92 Å². The molecular formula is C47H76O17. The number of aliphatic hydroxyl groups is 10. The number of aliphatic hydroxyl groups excluding tert-OH is 10. The summed E-state index contributed by atoms with van der Waals surface area (Å²) in [6.45, 7) is 16.6. The number of ether oxygens (including phenoxy) is 7. The highest BCUT2D eigenvalue weighted by molar-refractivity contribution is 5.42. The summed E-state index contributed by atoms with van der Waals surface area (Å²) in [5.41, 5.74) is -0.559. The van der Waals surface area contributed by atoms with Gasteiger partial charge in [0.1, 0.15) is 61.0 Å². The van der Waals surface area contributed by atoms with Crippen LogP contribution in [-0.2, 0) is 33.2 Å². The van der Waals surface area contributed by atoms with Crippen molar-refractivity contribution in [2.75, 3.05) is 19.8 Å². The van der Waals surface area contributed by atoms with Gasteiger partial charge in [-0.2, -0.15) is 0 Å². The fourth-order valence-corrected chi connectivity index (χ4v) is 15.6. The molecule has 17 heteroatoms. The molecule has 27 atom stereocenters. The van der Waals surface area contributed by atoms with E-state index in [4.69, 9.17) is 33.2 Å². The molecule has 8 fully saturated rings. The van der Waals surface area contributed by atoms with Gasteiger partial charge in [0.2, 0.25) is 0 Å². The highest BCUT2D eigenvalue weighted by Gasteiger charge is 2.79. The molecule has 4 aliphatic heterocycles. The van der Waals surface area contributed by atoms with Crippen LogP contribution in [0.4, 0.5) is 0 Å². The van der Waals surface area contributed by atoms with Gasteiger partial charge in [0, 0.05) is 16.7 Å². The molecule has 0 aromatic carbocycles. The molecule has 4 heterocycles. The minimum absolute atomic E-state index is 0.0156. The summed E-state index contributed by atoms with van der Waals surface area (Å²) in [6, 6.07) is 0. The van der Waals surface area contributed by atoms with E-state index in [2.05, 4.69) is 54.5 Å². The lowest BCUT2D eigenvalue weighted by molar-refractivity contribution is -0.393. The molecule has 4 saturated carbocycles. The van der Waals surface area contributed by atoms with Gasteiger partial charge in [-0.05, 0) is 85.4 Å². The van der Waals surface area contributed by atoms with E-state index in [0.29, 0.717) is 24.7 Å². The molecule has 0 spiro atoms. The van der Waals surface area contributed by atoms with Crippen LogP contribution in [0, 0.1) is 56.7 Å². The zero-order chi connectivity index (χ0) is 46.4. The average Bonchev–Trinajstić information content (AvgIpc) is 4.07. The molecule has 0 aromatic heterocycles. The Hall–Kier alpha value is -0.940. The Morgan fingerprint density at radius 1 is 0.672 bits per heavy atom. The maximum absolute atomic E-state index is 12.6. The maximum Gasteiger partial charge on any atom is 0.187 e. The van der Waals surface area contributed by atoms with E-state index in [0.717, 1.165) is 25.7 Å². The van der Waals surface area contributed by atoms with Crippen molar-refractivity contribution in [3.05, 3.63) is 11.6 Å². The quantitative estimate of drug-likeness (QED) is 0.0879. The summed E-state index contributed by atoms with van der Waals surface area (Å²) in [6.07, 6.45) is -15.4. The van der Waals surface area contributed by atoms with Gasteiger partial charge >= 0.3 is 0 Å². The summed E-state index contributed by atoms with van der Waals surface area (Å²) in [5, 5.41) is 110. The van der Waals surface area contributed by atoms with Gasteiger partial charge in [0.15, 0.2) is 18.9 Å². The predicted molar refractivity (Wildman–Crippen MR) is 223 cm³/mol. The Balaban J connectivity index is 0.983. The average molecular weight is 913 g/mol. The monoisotopic (exact) mass is 913 g/mol. The van der Waals surface area contributed by atoms with Crippen LogP contribution in [0.1, 0.15) is 93.9 Å². The fourth-order valence-electron chi connectivity index (χ4n) is 15.6. The first kappa shape index (κ1) is 48.1. The normalized spacial score (nSPS) is 59.0. The first-order valence-corrected chi connectivity index (χ1v) is 24.0. The third kappa shape index (κ3) is 6.79. The largest absolute Gasteiger partial charge is 0.396 e. The van der Waals surface area contributed by atoms with Crippen molar-refractivity contribution in [1.82, 2.24) is 0 Å². The standard InChI is InChI=1S/C47H76O17/c1-19-9-14-47(18-49)28(20(19)2)22-15-23(50)37-44(6)12-11-27(43(4,5)26(44)10-13-45(37,7)46(22,8)38-39(47)64-38)61-41-35(32(55)29(52)21(3)59-41)63-42-36(33(56)31(54)25(16-48)60-42)62-40-34(57)30(53)24(51)17-58-40/h15,19-21,23-42,48-57H,9-14,16-18H2,1-8H3/t19-,20+,21-,23-,24-,25-,26+,27+,28+,29+,30+,31-,32+,33+,34-,35-,36-,37-,38+,39-,40+,41+,42+,44+,45-,46+,47-/m1/s1. The van der Waals surface area contributed by atoms with Crippen molar-refractivity contribution in [1.29, 1.82) is 0 Å². The summed E-state index contributed by atoms with van der Waals surface area (Å²) in [4.78, 5) is 0. The zero-order valence-electron chi connectivity index (χ0n) is 38.6. The predicted octanol–water partition coefficient (Wildman–Crippen LogP) is 0.0945. The topological polar surface area (TPSA) is 270 Å². The number of epoxide rings is 1. The summed E-state index contributed by atoms with van der Waals surface area (Å²) in [5.74, 6) is 0.905. The molecule has 5 aliphatic carbocycles. The third-order valence-electron chi connectivity index (χ3n) is 19.6. The van der Waals surface area contributed by atoms with Crippen molar-refractivity contribution in [2.24, 2.45) is 56.7 Å². The van der Waals surface area contributed by atoms with E-state index < -0.39 is 117 Å². The second kappa shape index (κ2) is 16.6. The minimum Gasteiger partial charge on any atom is -0.396 e. The van der Waals surface area contributed by atoms with Gasteiger partial charge in [0.05, 0.1) is 50.3 Å². The number of rotatable bonds is 8. The van der Waals surface area contributed by atoms with Crippen LogP contribution in [0.5, 0.6) is 0 Å². The highest BCUT2D eigenvalue weighted by Crippen LogP contribution is 2.79. The van der Waals surface area contributed by atoms with Gasteiger partial charge in [-0.25, -0.2) is 0 Å². The number of fused-ring (bicyclic) bond motifs is 10. The van der Waals surface area contributed by atoms with Crippen LogP contribution in [0.3, 0.4) is 0 Å². The van der Waals surface area contributed by atoms with E-state index >= 15 is 0 Å². The molecule has 4 saturated heterocycles. The summed E-state index contributed by atoms with van der Waals surface area (Å²) < 4.78 is 43.5. The second-order valence-corrected chi connectivity index (χ2v) is 22.9. The van der Waals surface area contributed by atoms with Gasteiger partial charge in [-0.3, -0.25) is 0 Å². The second-order valence-electron chi connectivity index (χ2n) is 22.9. The Bertz CT molecular complexity index is 1750. The third-order valence-corrected chi connectivity index (χ3v) is 19.6. The first-order valence-electron chi connectivity index (χ1n) is 24.0. The van der Waals surface area contributed by atoms with Crippen molar-refractivity contribution in [3.8, 4) is 0 Å². The van der Waals surface area contributed by atoms with Crippen LogP contribution >= 0.6 is 0 Å². The molecule has 9 rings (SSSR count). The Morgan fingerprint density at radius 3 is 2.00 bits per heavy atom. The molecule has 17 nitrogen and oxygen atoms in total. The molecule has 0 radical (unpaired) electrons. The smallest absolute Gasteiger partial charge is 0.187 e. The van der Waals surface area contributed by atoms with Gasteiger partial charge < -0.3 is 84.2 Å². The molecule has 10 N–H and O–H groups in total. The Kier molecular flexibility index (Phi) is 12.5. The lowest BCUT2D eigenvalue weighted by Gasteiger charge is -2.71. The van der Waals surface area contributed by atoms with Crippen molar-refractivity contribution < 1.29 is 84.2 Å². The molecule has 64 heavy (non-hydrogen) atoms. The number of hydrogen-bond donors (Lipinski definition) is 10. The van der Waals surface area contributed by atoms with Crippen molar-refractivity contribution >= 4 is 0 Å². The van der Waals surface area contributed by atoms with E-state index in [1.165, 1.54) is 5.57 Å². The van der Waals surface area contributed by atoms with Gasteiger partial charge in [0.25, 0.3) is 0 Å². The lowest BCUT2D eigenvalue weighted by Crippen LogP contribution is -2.70.